The van der Waals surface area contributed by atoms with Crippen LogP contribution in [-0.2, 0) is 6.42 Å². The quantitative estimate of drug-likeness (QED) is 0.786. The van der Waals surface area contributed by atoms with Crippen LogP contribution < -0.4 is 5.73 Å². The molecule has 3 nitrogen and oxygen atoms in total. The number of aromatic nitrogens is 2. The van der Waals surface area contributed by atoms with E-state index in [4.69, 9.17) is 5.73 Å². The zero-order valence-electron chi connectivity index (χ0n) is 6.97. The Kier molecular flexibility index (Phi) is 2.23. The summed E-state index contributed by atoms with van der Waals surface area (Å²) < 4.78 is 0. The molecule has 2 aromatic heterocycles. The van der Waals surface area contributed by atoms with Crippen molar-refractivity contribution in [2.24, 2.45) is 0 Å². The number of hydrogen-bond donors (Lipinski definition) is 1. The fourth-order valence-electron chi connectivity index (χ4n) is 1.10. The van der Waals surface area contributed by atoms with Crippen LogP contribution in [0.25, 0.3) is 0 Å². The van der Waals surface area contributed by atoms with Gasteiger partial charge in [-0.05, 0) is 11.4 Å². The van der Waals surface area contributed by atoms with Gasteiger partial charge >= 0.3 is 0 Å². The summed E-state index contributed by atoms with van der Waals surface area (Å²) in [6.07, 6.45) is 2.34. The van der Waals surface area contributed by atoms with Crippen LogP contribution in [0.15, 0.2) is 29.9 Å². The lowest BCUT2D eigenvalue weighted by Crippen LogP contribution is -1.95. The number of rotatable bonds is 2. The van der Waals surface area contributed by atoms with Crippen molar-refractivity contribution >= 4 is 17.2 Å². The first-order valence-electron chi connectivity index (χ1n) is 3.93. The monoisotopic (exact) mass is 191 g/mol. The third kappa shape index (κ3) is 2.03. The standard InChI is InChI=1S/C9H9N3S/c10-9-5-7(11-6-12-9)4-8-2-1-3-13-8/h1-3,5-6H,4H2,(H2,10,11,12). The molecule has 0 amide bonds. The fourth-order valence-corrected chi connectivity index (χ4v) is 1.82. The second-order valence-corrected chi connectivity index (χ2v) is 3.72. The topological polar surface area (TPSA) is 51.8 Å². The molecule has 0 spiro atoms. The summed E-state index contributed by atoms with van der Waals surface area (Å²) in [6, 6.07) is 5.92. The Morgan fingerprint density at radius 3 is 3.00 bits per heavy atom. The summed E-state index contributed by atoms with van der Waals surface area (Å²) in [7, 11) is 0. The van der Waals surface area contributed by atoms with Crippen molar-refractivity contribution in [1.29, 1.82) is 0 Å². The van der Waals surface area contributed by atoms with Crippen LogP contribution in [0.3, 0.4) is 0 Å². The summed E-state index contributed by atoms with van der Waals surface area (Å²) in [5, 5.41) is 2.06. The van der Waals surface area contributed by atoms with Crippen LogP contribution in [0.2, 0.25) is 0 Å². The molecular formula is C9H9N3S. The minimum Gasteiger partial charge on any atom is -0.384 e. The van der Waals surface area contributed by atoms with Crippen molar-refractivity contribution in [3.63, 3.8) is 0 Å². The molecule has 13 heavy (non-hydrogen) atoms. The summed E-state index contributed by atoms with van der Waals surface area (Å²) in [6.45, 7) is 0. The maximum Gasteiger partial charge on any atom is 0.127 e. The van der Waals surface area contributed by atoms with E-state index in [1.165, 1.54) is 11.2 Å². The van der Waals surface area contributed by atoms with Gasteiger partial charge in [0.15, 0.2) is 0 Å². The van der Waals surface area contributed by atoms with Gasteiger partial charge in [0, 0.05) is 17.4 Å². The van der Waals surface area contributed by atoms with Crippen LogP contribution in [0.4, 0.5) is 5.82 Å². The van der Waals surface area contributed by atoms with Crippen molar-refractivity contribution in [3.8, 4) is 0 Å². The second-order valence-electron chi connectivity index (χ2n) is 2.69. The molecule has 0 saturated carbocycles. The van der Waals surface area contributed by atoms with E-state index >= 15 is 0 Å². The molecule has 0 radical (unpaired) electrons. The number of anilines is 1. The van der Waals surface area contributed by atoms with Gasteiger partial charge in [0.2, 0.25) is 0 Å². The van der Waals surface area contributed by atoms with Crippen molar-refractivity contribution < 1.29 is 0 Å². The van der Waals surface area contributed by atoms with Gasteiger partial charge in [-0.15, -0.1) is 11.3 Å². The summed E-state index contributed by atoms with van der Waals surface area (Å²) >= 11 is 1.72. The molecule has 0 aliphatic rings. The van der Waals surface area contributed by atoms with Crippen molar-refractivity contribution in [3.05, 3.63) is 40.5 Å². The smallest absolute Gasteiger partial charge is 0.127 e. The van der Waals surface area contributed by atoms with E-state index in [9.17, 15) is 0 Å². The molecule has 0 saturated heterocycles. The zero-order valence-corrected chi connectivity index (χ0v) is 7.79. The lowest BCUT2D eigenvalue weighted by atomic mass is 10.2. The first kappa shape index (κ1) is 8.19. The number of nitrogens with two attached hydrogens (primary N) is 1. The van der Waals surface area contributed by atoms with Gasteiger partial charge in [0.05, 0.1) is 5.69 Å². The van der Waals surface area contributed by atoms with E-state index in [-0.39, 0.29) is 0 Å². The average molecular weight is 191 g/mol. The van der Waals surface area contributed by atoms with E-state index < -0.39 is 0 Å². The highest BCUT2D eigenvalue weighted by molar-refractivity contribution is 7.09. The lowest BCUT2D eigenvalue weighted by molar-refractivity contribution is 1.05. The highest BCUT2D eigenvalue weighted by Crippen LogP contribution is 2.13. The third-order valence-corrected chi connectivity index (χ3v) is 2.56. The van der Waals surface area contributed by atoms with Crippen LogP contribution in [-0.4, -0.2) is 9.97 Å². The SMILES string of the molecule is Nc1cc(Cc2cccs2)ncn1. The molecule has 2 N–H and O–H groups in total. The van der Waals surface area contributed by atoms with E-state index in [0.29, 0.717) is 5.82 Å². The predicted octanol–water partition coefficient (Wildman–Crippen LogP) is 1.71. The van der Waals surface area contributed by atoms with Crippen LogP contribution in [0.1, 0.15) is 10.6 Å². The number of hydrogen-bond acceptors (Lipinski definition) is 4. The molecule has 66 valence electrons. The van der Waals surface area contributed by atoms with Gasteiger partial charge in [-0.2, -0.15) is 0 Å². The molecule has 0 aromatic carbocycles. The van der Waals surface area contributed by atoms with E-state index in [1.54, 1.807) is 17.4 Å². The molecule has 0 fully saturated rings. The van der Waals surface area contributed by atoms with Gasteiger partial charge in [-0.3, -0.25) is 0 Å². The maximum atomic E-state index is 5.54. The average Bonchev–Trinajstić information content (AvgIpc) is 2.57. The van der Waals surface area contributed by atoms with Crippen molar-refractivity contribution in [2.45, 2.75) is 6.42 Å². The van der Waals surface area contributed by atoms with Gasteiger partial charge in [0.25, 0.3) is 0 Å². The number of nitrogens with zero attached hydrogens (tertiary/aromatic N) is 2. The zero-order chi connectivity index (χ0) is 9.10. The maximum absolute atomic E-state index is 5.54. The molecule has 0 aliphatic carbocycles. The Bertz CT molecular complexity index is 384. The van der Waals surface area contributed by atoms with E-state index in [2.05, 4.69) is 21.4 Å². The van der Waals surface area contributed by atoms with Crippen molar-refractivity contribution in [1.82, 2.24) is 9.97 Å². The Labute approximate surface area is 80.3 Å². The van der Waals surface area contributed by atoms with Gasteiger partial charge in [-0.1, -0.05) is 6.07 Å². The molecule has 2 heterocycles. The largest absolute Gasteiger partial charge is 0.384 e. The molecule has 0 unspecified atom stereocenters. The van der Waals surface area contributed by atoms with Crippen LogP contribution >= 0.6 is 11.3 Å². The first-order valence-corrected chi connectivity index (χ1v) is 4.81. The van der Waals surface area contributed by atoms with Crippen LogP contribution in [0.5, 0.6) is 0 Å². The van der Waals surface area contributed by atoms with Crippen LogP contribution in [0, 0.1) is 0 Å². The molecule has 4 heteroatoms. The first-order chi connectivity index (χ1) is 6.34. The van der Waals surface area contributed by atoms with Gasteiger partial charge < -0.3 is 5.73 Å². The summed E-state index contributed by atoms with van der Waals surface area (Å²) in [5.41, 5.74) is 6.51. The molecule has 0 atom stereocenters. The lowest BCUT2D eigenvalue weighted by Gasteiger charge is -1.97. The molecule has 0 bridgehead atoms. The number of nitrogen functional groups attached to an aromatic ring is 1. The Hall–Kier alpha value is -1.42. The predicted molar refractivity (Wildman–Crippen MR) is 53.6 cm³/mol. The van der Waals surface area contributed by atoms with E-state index in [1.807, 2.05) is 6.07 Å². The van der Waals surface area contributed by atoms with Crippen molar-refractivity contribution in [2.75, 3.05) is 5.73 Å². The molecule has 2 aromatic rings. The second kappa shape index (κ2) is 3.53. The molecular weight excluding hydrogens is 182 g/mol. The highest BCUT2D eigenvalue weighted by Gasteiger charge is 1.98. The fraction of sp³-hybridized carbons (Fsp3) is 0.111. The highest BCUT2D eigenvalue weighted by atomic mass is 32.1. The minimum atomic E-state index is 0.529. The van der Waals surface area contributed by atoms with Gasteiger partial charge in [0.1, 0.15) is 12.1 Å². The molecule has 0 aliphatic heterocycles. The van der Waals surface area contributed by atoms with Gasteiger partial charge in [-0.25, -0.2) is 9.97 Å². The van der Waals surface area contributed by atoms with E-state index in [0.717, 1.165) is 12.1 Å². The third-order valence-electron chi connectivity index (χ3n) is 1.68. The summed E-state index contributed by atoms with van der Waals surface area (Å²) in [5.74, 6) is 0.529. The Morgan fingerprint density at radius 1 is 1.38 bits per heavy atom. The Balaban J connectivity index is 2.19. The number of thiophene rings is 1. The Morgan fingerprint density at radius 2 is 2.31 bits per heavy atom. The summed E-state index contributed by atoms with van der Waals surface area (Å²) in [4.78, 5) is 9.26. The molecule has 2 rings (SSSR count). The normalized spacial score (nSPS) is 10.2. The minimum absolute atomic E-state index is 0.529.